The molecule has 0 aliphatic carbocycles. The molecule has 4 heteroatoms. The van der Waals surface area contributed by atoms with Gasteiger partial charge in [0.2, 0.25) is 0 Å². The number of piperidine rings is 1. The largest absolute Gasteiger partial charge is 0.338 e. The Bertz CT molecular complexity index is 659. The number of hydrogen-bond acceptors (Lipinski definition) is 1. The number of likely N-dealkylation sites (tertiary alicyclic amines) is 1. The van der Waals surface area contributed by atoms with Gasteiger partial charge in [-0.1, -0.05) is 36.4 Å². The SMILES string of the molecule is O=C(c1c(F)cccc1F)N1CCC(Cc2ccccc2)CC1. The summed E-state index contributed by atoms with van der Waals surface area (Å²) in [5.41, 5.74) is 0.853. The lowest BCUT2D eigenvalue weighted by Crippen LogP contribution is -2.39. The zero-order chi connectivity index (χ0) is 16.2. The van der Waals surface area contributed by atoms with E-state index in [0.29, 0.717) is 19.0 Å². The van der Waals surface area contributed by atoms with E-state index in [0.717, 1.165) is 31.4 Å². The van der Waals surface area contributed by atoms with E-state index in [9.17, 15) is 13.6 Å². The lowest BCUT2D eigenvalue weighted by Gasteiger charge is -2.32. The van der Waals surface area contributed by atoms with Crippen LogP contribution in [-0.4, -0.2) is 23.9 Å². The van der Waals surface area contributed by atoms with Gasteiger partial charge in [-0.15, -0.1) is 0 Å². The van der Waals surface area contributed by atoms with Crippen molar-refractivity contribution in [1.82, 2.24) is 4.90 Å². The van der Waals surface area contributed by atoms with Crippen molar-refractivity contribution in [2.24, 2.45) is 5.92 Å². The number of rotatable bonds is 3. The molecule has 1 aliphatic heterocycles. The first-order valence-electron chi connectivity index (χ1n) is 7.92. The van der Waals surface area contributed by atoms with Gasteiger partial charge in [-0.05, 0) is 42.9 Å². The van der Waals surface area contributed by atoms with E-state index in [4.69, 9.17) is 0 Å². The standard InChI is InChI=1S/C19H19F2NO/c20-16-7-4-8-17(21)18(16)19(23)22-11-9-15(10-12-22)13-14-5-2-1-3-6-14/h1-8,15H,9-13H2. The molecule has 0 bridgehead atoms. The first kappa shape index (κ1) is 15.7. The van der Waals surface area contributed by atoms with E-state index in [1.165, 1.54) is 11.6 Å². The van der Waals surface area contributed by atoms with Crippen molar-refractivity contribution in [1.29, 1.82) is 0 Å². The van der Waals surface area contributed by atoms with Crippen LogP contribution in [0.5, 0.6) is 0 Å². The maximum Gasteiger partial charge on any atom is 0.259 e. The summed E-state index contributed by atoms with van der Waals surface area (Å²) in [7, 11) is 0. The Morgan fingerprint density at radius 3 is 2.17 bits per heavy atom. The fourth-order valence-corrected chi connectivity index (χ4v) is 3.15. The molecule has 23 heavy (non-hydrogen) atoms. The molecule has 2 aromatic carbocycles. The fourth-order valence-electron chi connectivity index (χ4n) is 3.15. The number of halogens is 2. The first-order valence-corrected chi connectivity index (χ1v) is 7.92. The van der Waals surface area contributed by atoms with Crippen molar-refractivity contribution in [3.05, 3.63) is 71.3 Å². The maximum atomic E-state index is 13.7. The molecule has 3 rings (SSSR count). The van der Waals surface area contributed by atoms with Crippen LogP contribution in [0.1, 0.15) is 28.8 Å². The van der Waals surface area contributed by atoms with E-state index >= 15 is 0 Å². The second-order valence-electron chi connectivity index (χ2n) is 6.02. The van der Waals surface area contributed by atoms with Crippen molar-refractivity contribution < 1.29 is 13.6 Å². The molecule has 0 unspecified atom stereocenters. The average molecular weight is 315 g/mol. The molecule has 0 aromatic heterocycles. The van der Waals surface area contributed by atoms with Crippen molar-refractivity contribution in [2.45, 2.75) is 19.3 Å². The van der Waals surface area contributed by atoms with Gasteiger partial charge in [0.25, 0.3) is 5.91 Å². The molecule has 1 aliphatic rings. The summed E-state index contributed by atoms with van der Waals surface area (Å²) in [5, 5.41) is 0. The number of hydrogen-bond donors (Lipinski definition) is 0. The average Bonchev–Trinajstić information content (AvgIpc) is 2.56. The zero-order valence-corrected chi connectivity index (χ0v) is 12.8. The Balaban J connectivity index is 1.62. The second-order valence-corrected chi connectivity index (χ2v) is 6.02. The molecular formula is C19H19F2NO. The quantitative estimate of drug-likeness (QED) is 0.836. The molecule has 0 spiro atoms. The highest BCUT2D eigenvalue weighted by atomic mass is 19.1. The molecule has 0 atom stereocenters. The van der Waals surface area contributed by atoms with Crippen LogP contribution in [0.3, 0.4) is 0 Å². The smallest absolute Gasteiger partial charge is 0.259 e. The predicted molar refractivity (Wildman–Crippen MR) is 85.1 cm³/mol. The van der Waals surface area contributed by atoms with Gasteiger partial charge in [-0.3, -0.25) is 4.79 Å². The Morgan fingerprint density at radius 1 is 0.957 bits per heavy atom. The van der Waals surface area contributed by atoms with Crippen LogP contribution in [0, 0.1) is 17.6 Å². The number of carbonyl (C=O) groups is 1. The Kier molecular flexibility index (Phi) is 4.70. The highest BCUT2D eigenvalue weighted by molar-refractivity contribution is 5.94. The third kappa shape index (κ3) is 3.58. The lowest BCUT2D eigenvalue weighted by atomic mass is 9.90. The lowest BCUT2D eigenvalue weighted by molar-refractivity contribution is 0.0680. The van der Waals surface area contributed by atoms with Crippen LogP contribution >= 0.6 is 0 Å². The van der Waals surface area contributed by atoms with E-state index in [1.54, 1.807) is 4.90 Å². The second kappa shape index (κ2) is 6.90. The summed E-state index contributed by atoms with van der Waals surface area (Å²) in [4.78, 5) is 13.9. The van der Waals surface area contributed by atoms with Crippen LogP contribution in [-0.2, 0) is 6.42 Å². The van der Waals surface area contributed by atoms with E-state index < -0.39 is 23.1 Å². The molecule has 2 nitrogen and oxygen atoms in total. The van der Waals surface area contributed by atoms with Gasteiger partial charge in [0.15, 0.2) is 0 Å². The third-order valence-electron chi connectivity index (χ3n) is 4.45. The van der Waals surface area contributed by atoms with Crippen molar-refractivity contribution in [2.75, 3.05) is 13.1 Å². The Morgan fingerprint density at radius 2 is 1.57 bits per heavy atom. The summed E-state index contributed by atoms with van der Waals surface area (Å²) >= 11 is 0. The summed E-state index contributed by atoms with van der Waals surface area (Å²) in [6.07, 6.45) is 2.70. The van der Waals surface area contributed by atoms with Crippen LogP contribution in [0.4, 0.5) is 8.78 Å². The number of amides is 1. The van der Waals surface area contributed by atoms with E-state index in [2.05, 4.69) is 12.1 Å². The minimum absolute atomic E-state index is 0.436. The Labute approximate surface area is 134 Å². The van der Waals surface area contributed by atoms with Crippen molar-refractivity contribution in [3.8, 4) is 0 Å². The van der Waals surface area contributed by atoms with Gasteiger partial charge >= 0.3 is 0 Å². The molecular weight excluding hydrogens is 296 g/mol. The molecule has 2 aromatic rings. The van der Waals surface area contributed by atoms with E-state index in [1.807, 2.05) is 18.2 Å². The van der Waals surface area contributed by atoms with Gasteiger partial charge in [-0.2, -0.15) is 0 Å². The van der Waals surface area contributed by atoms with Crippen molar-refractivity contribution in [3.63, 3.8) is 0 Å². The molecule has 0 radical (unpaired) electrons. The molecule has 0 N–H and O–H groups in total. The highest BCUT2D eigenvalue weighted by Gasteiger charge is 2.27. The van der Waals surface area contributed by atoms with Gasteiger partial charge < -0.3 is 4.90 Å². The maximum absolute atomic E-state index is 13.7. The van der Waals surface area contributed by atoms with E-state index in [-0.39, 0.29) is 0 Å². The van der Waals surface area contributed by atoms with Crippen molar-refractivity contribution >= 4 is 5.91 Å². The predicted octanol–water partition coefficient (Wildman–Crippen LogP) is 4.06. The minimum atomic E-state index is -0.790. The zero-order valence-electron chi connectivity index (χ0n) is 12.8. The topological polar surface area (TPSA) is 20.3 Å². The van der Waals surface area contributed by atoms with Gasteiger partial charge in [0.1, 0.15) is 17.2 Å². The molecule has 1 saturated heterocycles. The summed E-state index contributed by atoms with van der Waals surface area (Å²) in [6, 6.07) is 13.8. The number of carbonyl (C=O) groups excluding carboxylic acids is 1. The van der Waals surface area contributed by atoms with Gasteiger partial charge in [0, 0.05) is 13.1 Å². The summed E-state index contributed by atoms with van der Waals surface area (Å²) < 4.78 is 27.5. The molecule has 1 fully saturated rings. The molecule has 1 heterocycles. The molecule has 1 amide bonds. The first-order chi connectivity index (χ1) is 11.1. The van der Waals surface area contributed by atoms with Gasteiger partial charge in [-0.25, -0.2) is 8.78 Å². The monoisotopic (exact) mass is 315 g/mol. The number of nitrogens with zero attached hydrogens (tertiary/aromatic N) is 1. The molecule has 120 valence electrons. The van der Waals surface area contributed by atoms with Crippen LogP contribution < -0.4 is 0 Å². The minimum Gasteiger partial charge on any atom is -0.338 e. The summed E-state index contributed by atoms with van der Waals surface area (Å²) in [6.45, 7) is 1.09. The van der Waals surface area contributed by atoms with Crippen LogP contribution in [0.25, 0.3) is 0 Å². The fraction of sp³-hybridized carbons (Fsp3) is 0.316. The molecule has 0 saturated carbocycles. The normalized spacial score (nSPS) is 15.7. The third-order valence-corrected chi connectivity index (χ3v) is 4.45. The Hall–Kier alpha value is -2.23. The number of benzene rings is 2. The van der Waals surface area contributed by atoms with Gasteiger partial charge in [0.05, 0.1) is 0 Å². The summed E-state index contributed by atoms with van der Waals surface area (Å²) in [5.74, 6) is -1.62. The van der Waals surface area contributed by atoms with Crippen LogP contribution in [0.15, 0.2) is 48.5 Å². The van der Waals surface area contributed by atoms with Crippen LogP contribution in [0.2, 0.25) is 0 Å². The highest BCUT2D eigenvalue weighted by Crippen LogP contribution is 2.24.